The number of ether oxygens (including phenoxy) is 1. The highest BCUT2D eigenvalue weighted by Crippen LogP contribution is 2.22. The van der Waals surface area contributed by atoms with Crippen LogP contribution in [-0.4, -0.2) is 6.61 Å². The smallest absolute Gasteiger partial charge is 0.119 e. The van der Waals surface area contributed by atoms with Crippen LogP contribution in [0.5, 0.6) is 5.75 Å². The summed E-state index contributed by atoms with van der Waals surface area (Å²) < 4.78 is 5.95. The van der Waals surface area contributed by atoms with Gasteiger partial charge in [0.2, 0.25) is 0 Å². The first-order valence-corrected chi connectivity index (χ1v) is 10.2. The lowest BCUT2D eigenvalue weighted by Gasteiger charge is -2.14. The Morgan fingerprint density at radius 3 is 2.05 bits per heavy atom. The van der Waals surface area contributed by atoms with Crippen LogP contribution in [0.15, 0.2) is 18.2 Å². The highest BCUT2D eigenvalue weighted by Gasteiger charge is 2.05. The van der Waals surface area contributed by atoms with E-state index in [2.05, 4.69) is 70.8 Å². The summed E-state index contributed by atoms with van der Waals surface area (Å²) in [4.78, 5) is 0. The molecule has 0 amide bonds. The maximum Gasteiger partial charge on any atom is 0.119 e. The van der Waals surface area contributed by atoms with E-state index < -0.39 is 0 Å². The molecule has 1 nitrogen and oxygen atoms in total. The van der Waals surface area contributed by atoms with E-state index in [4.69, 9.17) is 4.74 Å². The molecule has 0 aliphatic rings. The molecule has 1 rings (SSSR count). The van der Waals surface area contributed by atoms with Crippen molar-refractivity contribution in [2.75, 3.05) is 6.61 Å². The Morgan fingerprint density at radius 2 is 1.52 bits per heavy atom. The van der Waals surface area contributed by atoms with Gasteiger partial charge in [-0.2, -0.15) is 0 Å². The summed E-state index contributed by atoms with van der Waals surface area (Å²) in [7, 11) is 0. The van der Waals surface area contributed by atoms with E-state index in [-0.39, 0.29) is 0 Å². The molecule has 0 spiro atoms. The first kappa shape index (κ1) is 19.0. The minimum Gasteiger partial charge on any atom is -0.494 e. The van der Waals surface area contributed by atoms with Gasteiger partial charge in [-0.3, -0.25) is 0 Å². The van der Waals surface area contributed by atoms with E-state index in [0.29, 0.717) is 0 Å². The first-order valence-electron chi connectivity index (χ1n) is 7.92. The van der Waals surface area contributed by atoms with Crippen LogP contribution < -0.4 is 4.74 Å². The molecule has 1 aromatic rings. The zero-order valence-corrected chi connectivity index (χ0v) is 16.7. The Hall–Kier alpha value is -0.0200. The maximum atomic E-state index is 5.95. The summed E-state index contributed by atoms with van der Waals surface area (Å²) in [6, 6.07) is 6.46. The SMILES string of the molecule is CC(C)CCCC(C)CCOc1cc(CBr)cc(CBr)c1. The molecule has 0 fully saturated rings. The van der Waals surface area contributed by atoms with Crippen molar-refractivity contribution in [2.24, 2.45) is 11.8 Å². The van der Waals surface area contributed by atoms with E-state index >= 15 is 0 Å². The Bertz CT molecular complexity index is 382. The zero-order valence-electron chi connectivity index (χ0n) is 13.5. The van der Waals surface area contributed by atoms with Crippen molar-refractivity contribution in [2.45, 2.75) is 57.1 Å². The molecule has 0 aliphatic heterocycles. The fourth-order valence-electron chi connectivity index (χ4n) is 2.36. The van der Waals surface area contributed by atoms with Gasteiger partial charge in [0.05, 0.1) is 6.61 Å². The lowest BCUT2D eigenvalue weighted by molar-refractivity contribution is 0.275. The van der Waals surface area contributed by atoms with Gasteiger partial charge in [-0.05, 0) is 41.5 Å². The Morgan fingerprint density at radius 1 is 0.905 bits per heavy atom. The summed E-state index contributed by atoms with van der Waals surface area (Å²) in [6.07, 6.45) is 5.13. The second-order valence-corrected chi connectivity index (χ2v) is 7.44. The van der Waals surface area contributed by atoms with Gasteiger partial charge in [-0.25, -0.2) is 0 Å². The van der Waals surface area contributed by atoms with Crippen LogP contribution >= 0.6 is 31.9 Å². The highest BCUT2D eigenvalue weighted by molar-refractivity contribution is 9.08. The molecule has 0 N–H and O–H groups in total. The quantitative estimate of drug-likeness (QED) is 0.383. The monoisotopic (exact) mass is 418 g/mol. The van der Waals surface area contributed by atoms with Crippen molar-refractivity contribution in [3.63, 3.8) is 0 Å². The summed E-state index contributed by atoms with van der Waals surface area (Å²) in [5.74, 6) is 2.57. The van der Waals surface area contributed by atoms with E-state index in [0.717, 1.165) is 41.3 Å². The van der Waals surface area contributed by atoms with Gasteiger partial charge in [0.25, 0.3) is 0 Å². The Balaban J connectivity index is 2.34. The molecule has 0 bridgehead atoms. The second kappa shape index (κ2) is 10.7. The second-order valence-electron chi connectivity index (χ2n) is 6.32. The molecule has 1 aromatic carbocycles. The molecule has 21 heavy (non-hydrogen) atoms. The number of hydrogen-bond acceptors (Lipinski definition) is 1. The van der Waals surface area contributed by atoms with Gasteiger partial charge in [0, 0.05) is 10.7 Å². The van der Waals surface area contributed by atoms with Crippen LogP contribution in [0.1, 0.15) is 57.6 Å². The van der Waals surface area contributed by atoms with Crippen molar-refractivity contribution in [1.29, 1.82) is 0 Å². The van der Waals surface area contributed by atoms with Crippen LogP contribution in [-0.2, 0) is 10.7 Å². The third-order valence-corrected chi connectivity index (χ3v) is 4.99. The molecular weight excluding hydrogens is 392 g/mol. The number of halogens is 2. The lowest BCUT2D eigenvalue weighted by Crippen LogP contribution is -2.05. The van der Waals surface area contributed by atoms with Crippen LogP contribution in [0, 0.1) is 11.8 Å². The van der Waals surface area contributed by atoms with Crippen LogP contribution in [0.25, 0.3) is 0 Å². The molecule has 1 atom stereocenters. The summed E-state index contributed by atoms with van der Waals surface area (Å²) in [5.41, 5.74) is 2.54. The third-order valence-electron chi connectivity index (χ3n) is 3.69. The third kappa shape index (κ3) is 8.25. The van der Waals surface area contributed by atoms with Crippen molar-refractivity contribution in [3.8, 4) is 5.75 Å². The Kier molecular flexibility index (Phi) is 9.66. The normalized spacial score (nSPS) is 12.7. The number of rotatable bonds is 10. The molecule has 0 aromatic heterocycles. The molecule has 0 radical (unpaired) electrons. The standard InChI is InChI=1S/C18H28Br2O/c1-14(2)5-4-6-15(3)7-8-21-18-10-16(12-19)9-17(11-18)13-20/h9-11,14-15H,4-8,12-13H2,1-3H3. The lowest BCUT2D eigenvalue weighted by atomic mass is 9.98. The molecular formula is C18H28Br2O. The average Bonchev–Trinajstić information content (AvgIpc) is 2.46. The molecule has 0 aliphatic carbocycles. The maximum absolute atomic E-state index is 5.95. The predicted octanol–water partition coefficient (Wildman–Crippen LogP) is 6.71. The van der Waals surface area contributed by atoms with E-state index in [1.807, 2.05) is 0 Å². The molecule has 0 saturated carbocycles. The van der Waals surface area contributed by atoms with Crippen molar-refractivity contribution >= 4 is 31.9 Å². The van der Waals surface area contributed by atoms with Gasteiger partial charge in [-0.1, -0.05) is 78.0 Å². The van der Waals surface area contributed by atoms with Crippen molar-refractivity contribution in [3.05, 3.63) is 29.3 Å². The minimum atomic E-state index is 0.749. The van der Waals surface area contributed by atoms with Crippen LogP contribution in [0.4, 0.5) is 0 Å². The molecule has 3 heteroatoms. The largest absolute Gasteiger partial charge is 0.494 e. The van der Waals surface area contributed by atoms with E-state index in [1.54, 1.807) is 0 Å². The summed E-state index contributed by atoms with van der Waals surface area (Å²) >= 11 is 7.03. The van der Waals surface area contributed by atoms with Gasteiger partial charge in [-0.15, -0.1) is 0 Å². The minimum absolute atomic E-state index is 0.749. The topological polar surface area (TPSA) is 9.23 Å². The zero-order chi connectivity index (χ0) is 15.7. The van der Waals surface area contributed by atoms with Crippen molar-refractivity contribution in [1.82, 2.24) is 0 Å². The summed E-state index contributed by atoms with van der Waals surface area (Å²) in [5, 5.41) is 1.74. The predicted molar refractivity (Wildman–Crippen MR) is 99.7 cm³/mol. The van der Waals surface area contributed by atoms with Gasteiger partial charge in [0.1, 0.15) is 5.75 Å². The van der Waals surface area contributed by atoms with Gasteiger partial charge >= 0.3 is 0 Å². The van der Waals surface area contributed by atoms with E-state index in [9.17, 15) is 0 Å². The Labute approximate surface area is 147 Å². The number of benzene rings is 1. The molecule has 1 unspecified atom stereocenters. The van der Waals surface area contributed by atoms with Gasteiger partial charge in [0.15, 0.2) is 0 Å². The van der Waals surface area contributed by atoms with Crippen LogP contribution in [0.3, 0.4) is 0 Å². The average molecular weight is 420 g/mol. The fraction of sp³-hybridized carbons (Fsp3) is 0.667. The number of hydrogen-bond donors (Lipinski definition) is 0. The van der Waals surface area contributed by atoms with Crippen molar-refractivity contribution < 1.29 is 4.74 Å². The summed E-state index contributed by atoms with van der Waals surface area (Å²) in [6.45, 7) is 7.75. The van der Waals surface area contributed by atoms with Gasteiger partial charge < -0.3 is 4.74 Å². The fourth-order valence-corrected chi connectivity index (χ4v) is 3.01. The molecule has 0 heterocycles. The first-order chi connectivity index (χ1) is 10.0. The number of alkyl halides is 2. The van der Waals surface area contributed by atoms with Crippen LogP contribution in [0.2, 0.25) is 0 Å². The highest BCUT2D eigenvalue weighted by atomic mass is 79.9. The molecule has 120 valence electrons. The molecule has 0 saturated heterocycles. The van der Waals surface area contributed by atoms with E-state index in [1.165, 1.54) is 30.4 Å².